The average molecular weight is 360 g/mol. The molecule has 3 aromatic rings. The maximum atomic E-state index is 13.0. The van der Waals surface area contributed by atoms with Crippen LogP contribution < -0.4 is 0 Å². The summed E-state index contributed by atoms with van der Waals surface area (Å²) in [5.74, 6) is -0.0835. The summed E-state index contributed by atoms with van der Waals surface area (Å²) in [7, 11) is 1.79. The van der Waals surface area contributed by atoms with Crippen LogP contribution in [-0.4, -0.2) is 56.3 Å². The number of hydrogen-bond acceptors (Lipinski definition) is 5. The topological polar surface area (TPSA) is 77.5 Å². The van der Waals surface area contributed by atoms with Gasteiger partial charge in [0.1, 0.15) is 11.3 Å². The zero-order valence-electron chi connectivity index (χ0n) is 15.3. The molecular weight excluding hydrogens is 340 g/mol. The molecule has 1 amide bonds. The zero-order valence-corrected chi connectivity index (χ0v) is 15.3. The van der Waals surface area contributed by atoms with Gasteiger partial charge < -0.3 is 9.80 Å². The molecule has 0 aliphatic carbocycles. The summed E-state index contributed by atoms with van der Waals surface area (Å²) in [6.45, 7) is 3.24. The van der Waals surface area contributed by atoms with Crippen LogP contribution in [0.5, 0.6) is 0 Å². The van der Waals surface area contributed by atoms with Gasteiger partial charge in [0.15, 0.2) is 6.19 Å². The SMILES string of the molecule is Cc1cc(-c2ccn3c(C(=O)N(C)C4CCN(C#N)C4)cnc3c2)ccn1. The molecular formula is C20H20N6O. The smallest absolute Gasteiger partial charge is 0.272 e. The lowest BCUT2D eigenvalue weighted by atomic mass is 10.1. The first-order valence-electron chi connectivity index (χ1n) is 8.89. The summed E-state index contributed by atoms with van der Waals surface area (Å²) >= 11 is 0. The van der Waals surface area contributed by atoms with E-state index in [4.69, 9.17) is 5.26 Å². The highest BCUT2D eigenvalue weighted by molar-refractivity contribution is 5.93. The average Bonchev–Trinajstić information content (AvgIpc) is 3.33. The Balaban J connectivity index is 1.62. The molecule has 0 aromatic carbocycles. The van der Waals surface area contributed by atoms with Crippen molar-refractivity contribution in [2.24, 2.45) is 0 Å². The van der Waals surface area contributed by atoms with E-state index in [1.54, 1.807) is 29.2 Å². The third-order valence-corrected chi connectivity index (χ3v) is 5.14. The Morgan fingerprint density at radius 3 is 2.85 bits per heavy atom. The van der Waals surface area contributed by atoms with E-state index in [-0.39, 0.29) is 11.9 Å². The summed E-state index contributed by atoms with van der Waals surface area (Å²) in [5, 5.41) is 9.02. The van der Waals surface area contributed by atoms with E-state index in [9.17, 15) is 4.79 Å². The zero-order chi connectivity index (χ0) is 19.0. The first-order chi connectivity index (χ1) is 13.1. The number of likely N-dealkylation sites (tertiary alicyclic amines) is 1. The van der Waals surface area contributed by atoms with E-state index in [1.165, 1.54) is 0 Å². The monoisotopic (exact) mass is 360 g/mol. The third kappa shape index (κ3) is 3.10. The lowest BCUT2D eigenvalue weighted by Crippen LogP contribution is -2.39. The summed E-state index contributed by atoms with van der Waals surface area (Å²) in [5.41, 5.74) is 4.31. The van der Waals surface area contributed by atoms with Crippen LogP contribution in [0.3, 0.4) is 0 Å². The van der Waals surface area contributed by atoms with Crippen molar-refractivity contribution in [1.82, 2.24) is 24.2 Å². The van der Waals surface area contributed by atoms with E-state index in [0.717, 1.165) is 28.9 Å². The molecule has 4 rings (SSSR count). The minimum absolute atomic E-state index is 0.0433. The van der Waals surface area contributed by atoms with Gasteiger partial charge in [0.05, 0.1) is 12.2 Å². The number of carbonyl (C=O) groups is 1. The minimum atomic E-state index is -0.0835. The molecule has 7 heteroatoms. The van der Waals surface area contributed by atoms with Crippen molar-refractivity contribution in [1.29, 1.82) is 5.26 Å². The normalized spacial score (nSPS) is 16.5. The maximum Gasteiger partial charge on any atom is 0.272 e. The quantitative estimate of drug-likeness (QED) is 0.670. The predicted molar refractivity (Wildman–Crippen MR) is 101 cm³/mol. The van der Waals surface area contributed by atoms with E-state index in [2.05, 4.69) is 16.2 Å². The summed E-state index contributed by atoms with van der Waals surface area (Å²) in [6.07, 6.45) is 8.24. The van der Waals surface area contributed by atoms with Crippen LogP contribution in [-0.2, 0) is 0 Å². The number of imidazole rings is 1. The van der Waals surface area contributed by atoms with Crippen LogP contribution in [0.4, 0.5) is 0 Å². The number of carbonyl (C=O) groups excluding carboxylic acids is 1. The molecule has 1 unspecified atom stereocenters. The highest BCUT2D eigenvalue weighted by Crippen LogP contribution is 2.22. The predicted octanol–water partition coefficient (Wildman–Crippen LogP) is 2.33. The molecule has 1 aliphatic heterocycles. The minimum Gasteiger partial charge on any atom is -0.336 e. The van der Waals surface area contributed by atoms with Gasteiger partial charge in [-0.15, -0.1) is 0 Å². The van der Waals surface area contributed by atoms with Crippen molar-refractivity contribution in [2.75, 3.05) is 20.1 Å². The van der Waals surface area contributed by atoms with Crippen LogP contribution in [0.15, 0.2) is 42.9 Å². The number of pyridine rings is 2. The van der Waals surface area contributed by atoms with E-state index >= 15 is 0 Å². The molecule has 0 spiro atoms. The molecule has 1 fully saturated rings. The highest BCUT2D eigenvalue weighted by Gasteiger charge is 2.29. The molecule has 0 N–H and O–H groups in total. The van der Waals surface area contributed by atoms with Gasteiger partial charge in [0, 0.05) is 38.2 Å². The van der Waals surface area contributed by atoms with Gasteiger partial charge in [-0.3, -0.25) is 14.2 Å². The Hall–Kier alpha value is -3.40. The third-order valence-electron chi connectivity index (χ3n) is 5.14. The van der Waals surface area contributed by atoms with E-state index in [1.807, 2.05) is 41.8 Å². The number of likely N-dealkylation sites (N-methyl/N-ethyl adjacent to an activating group) is 1. The molecule has 7 nitrogen and oxygen atoms in total. The van der Waals surface area contributed by atoms with Crippen molar-refractivity contribution in [3.8, 4) is 17.3 Å². The number of nitrogens with zero attached hydrogens (tertiary/aromatic N) is 6. The summed E-state index contributed by atoms with van der Waals surface area (Å²) < 4.78 is 1.81. The standard InChI is InChI=1S/C20H20N6O/c1-14-9-15(3-6-22-14)16-4-8-26-18(11-23-19(26)10-16)20(27)24(2)17-5-7-25(12-17)13-21/h3-4,6,8-11,17H,5,7,12H2,1-2H3. The molecule has 27 heavy (non-hydrogen) atoms. The Kier molecular flexibility index (Phi) is 4.24. The molecule has 3 aromatic heterocycles. The number of aromatic nitrogens is 3. The fraction of sp³-hybridized carbons (Fsp3) is 0.300. The second-order valence-electron chi connectivity index (χ2n) is 6.88. The van der Waals surface area contributed by atoms with Gasteiger partial charge in [-0.2, -0.15) is 5.26 Å². The fourth-order valence-electron chi connectivity index (χ4n) is 3.54. The molecule has 4 heterocycles. The van der Waals surface area contributed by atoms with Crippen LogP contribution in [0, 0.1) is 18.4 Å². The van der Waals surface area contributed by atoms with E-state index < -0.39 is 0 Å². The van der Waals surface area contributed by atoms with Crippen LogP contribution >= 0.6 is 0 Å². The Bertz CT molecular complexity index is 1050. The van der Waals surface area contributed by atoms with Crippen molar-refractivity contribution in [2.45, 2.75) is 19.4 Å². The Morgan fingerprint density at radius 1 is 1.30 bits per heavy atom. The first-order valence-corrected chi connectivity index (χ1v) is 8.89. The highest BCUT2D eigenvalue weighted by atomic mass is 16.2. The van der Waals surface area contributed by atoms with Crippen molar-refractivity contribution in [3.05, 3.63) is 54.2 Å². The Labute approximate surface area is 157 Å². The maximum absolute atomic E-state index is 13.0. The molecule has 1 saturated heterocycles. The number of nitriles is 1. The lowest BCUT2D eigenvalue weighted by Gasteiger charge is -2.23. The van der Waals surface area contributed by atoms with Gasteiger partial charge >= 0.3 is 0 Å². The van der Waals surface area contributed by atoms with Crippen LogP contribution in [0.25, 0.3) is 16.8 Å². The van der Waals surface area contributed by atoms with Crippen molar-refractivity contribution < 1.29 is 4.79 Å². The molecule has 1 atom stereocenters. The number of hydrogen-bond donors (Lipinski definition) is 0. The largest absolute Gasteiger partial charge is 0.336 e. The van der Waals surface area contributed by atoms with E-state index in [0.29, 0.717) is 18.8 Å². The van der Waals surface area contributed by atoms with Crippen LogP contribution in [0.2, 0.25) is 0 Å². The fourth-order valence-corrected chi connectivity index (χ4v) is 3.54. The molecule has 0 bridgehead atoms. The lowest BCUT2D eigenvalue weighted by molar-refractivity contribution is 0.0732. The molecule has 136 valence electrons. The second kappa shape index (κ2) is 6.72. The van der Waals surface area contributed by atoms with Gasteiger partial charge in [0.2, 0.25) is 0 Å². The number of amides is 1. The molecule has 1 aliphatic rings. The van der Waals surface area contributed by atoms with Gasteiger partial charge in [-0.25, -0.2) is 4.98 Å². The second-order valence-corrected chi connectivity index (χ2v) is 6.88. The summed E-state index contributed by atoms with van der Waals surface area (Å²) in [6, 6.07) is 7.98. The summed E-state index contributed by atoms with van der Waals surface area (Å²) in [4.78, 5) is 25.0. The van der Waals surface area contributed by atoms with Gasteiger partial charge in [0.25, 0.3) is 5.91 Å². The number of rotatable bonds is 3. The Morgan fingerprint density at radius 2 is 2.11 bits per heavy atom. The first kappa shape index (κ1) is 17.0. The van der Waals surface area contributed by atoms with Crippen LogP contribution in [0.1, 0.15) is 22.6 Å². The van der Waals surface area contributed by atoms with Gasteiger partial charge in [-0.1, -0.05) is 0 Å². The molecule has 0 radical (unpaired) electrons. The van der Waals surface area contributed by atoms with Gasteiger partial charge in [-0.05, 0) is 48.7 Å². The number of fused-ring (bicyclic) bond motifs is 1. The molecule has 0 saturated carbocycles. The van der Waals surface area contributed by atoms with Crippen molar-refractivity contribution in [3.63, 3.8) is 0 Å². The van der Waals surface area contributed by atoms with Crippen molar-refractivity contribution >= 4 is 11.6 Å². The number of aryl methyl sites for hydroxylation is 1.